The number of ether oxygens (including phenoxy) is 2. The summed E-state index contributed by atoms with van der Waals surface area (Å²) in [6.45, 7) is 1.81. The summed E-state index contributed by atoms with van der Waals surface area (Å²) in [6, 6.07) is 14.1. The van der Waals surface area contributed by atoms with Gasteiger partial charge in [-0.25, -0.2) is 4.39 Å². The normalized spacial score (nSPS) is 18.6. The van der Waals surface area contributed by atoms with Crippen LogP contribution in [0.1, 0.15) is 27.7 Å². The molecular formula is C24H20FNO4S. The molecule has 0 aliphatic carbocycles. The standard InChI is InChI=1S/C24H20FNO4S/c1-13(27)21-6-7-22(31-21)18-11-16(25)8-15-9-17(29-23(15)18)12-26-24(28)20-10-14-4-2-3-5-19(14)30-20/h2-8,11,17,20H,9-10,12H2,1H3,(H,26,28)/t17-,20-/m0/s1. The number of halogens is 1. The third-order valence-electron chi connectivity index (χ3n) is 5.52. The summed E-state index contributed by atoms with van der Waals surface area (Å²) in [5.74, 6) is 0.792. The van der Waals surface area contributed by atoms with Crippen molar-refractivity contribution in [3.05, 3.63) is 70.4 Å². The second kappa shape index (κ2) is 7.81. The molecule has 7 heteroatoms. The second-order valence-corrected chi connectivity index (χ2v) is 8.85. The highest BCUT2D eigenvalue weighted by Crippen LogP contribution is 2.42. The van der Waals surface area contributed by atoms with Crippen LogP contribution < -0.4 is 14.8 Å². The fraction of sp³-hybridized carbons (Fsp3) is 0.250. The number of amides is 1. The predicted octanol–water partition coefficient (Wildman–Crippen LogP) is 4.18. The van der Waals surface area contributed by atoms with Crippen LogP contribution in [0, 0.1) is 5.82 Å². The quantitative estimate of drug-likeness (QED) is 0.609. The van der Waals surface area contributed by atoms with Crippen LogP contribution in [0.2, 0.25) is 0 Å². The molecule has 3 heterocycles. The van der Waals surface area contributed by atoms with Gasteiger partial charge in [0.05, 0.1) is 11.4 Å². The first kappa shape index (κ1) is 19.8. The molecule has 2 atom stereocenters. The average molecular weight is 437 g/mol. The Balaban J connectivity index is 1.26. The van der Waals surface area contributed by atoms with Crippen molar-refractivity contribution in [3.8, 4) is 21.9 Å². The molecule has 5 nitrogen and oxygen atoms in total. The van der Waals surface area contributed by atoms with E-state index in [1.165, 1.54) is 30.4 Å². The molecule has 0 fully saturated rings. The van der Waals surface area contributed by atoms with E-state index in [1.807, 2.05) is 30.3 Å². The molecule has 158 valence electrons. The van der Waals surface area contributed by atoms with Gasteiger partial charge < -0.3 is 14.8 Å². The molecule has 2 aliphatic heterocycles. The van der Waals surface area contributed by atoms with Crippen molar-refractivity contribution in [2.75, 3.05) is 6.54 Å². The van der Waals surface area contributed by atoms with E-state index in [4.69, 9.17) is 9.47 Å². The molecule has 0 spiro atoms. The first-order valence-corrected chi connectivity index (χ1v) is 10.9. The van der Waals surface area contributed by atoms with Crippen LogP contribution in [0.3, 0.4) is 0 Å². The van der Waals surface area contributed by atoms with Crippen molar-refractivity contribution in [3.63, 3.8) is 0 Å². The van der Waals surface area contributed by atoms with Gasteiger partial charge in [-0.15, -0.1) is 11.3 Å². The zero-order valence-electron chi connectivity index (χ0n) is 16.8. The van der Waals surface area contributed by atoms with Crippen LogP contribution in [0.4, 0.5) is 4.39 Å². The van der Waals surface area contributed by atoms with Gasteiger partial charge in [-0.1, -0.05) is 18.2 Å². The largest absolute Gasteiger partial charge is 0.487 e. The lowest BCUT2D eigenvalue weighted by Crippen LogP contribution is -2.42. The van der Waals surface area contributed by atoms with E-state index in [1.54, 1.807) is 6.07 Å². The second-order valence-electron chi connectivity index (χ2n) is 7.77. The van der Waals surface area contributed by atoms with Crippen molar-refractivity contribution >= 4 is 23.0 Å². The summed E-state index contributed by atoms with van der Waals surface area (Å²) in [4.78, 5) is 25.6. The number of carbonyl (C=O) groups is 2. The lowest BCUT2D eigenvalue weighted by Gasteiger charge is -2.15. The van der Waals surface area contributed by atoms with Crippen LogP contribution in [0.5, 0.6) is 11.5 Å². The molecule has 1 amide bonds. The molecule has 2 aliphatic rings. The van der Waals surface area contributed by atoms with Crippen molar-refractivity contribution in [1.82, 2.24) is 5.32 Å². The van der Waals surface area contributed by atoms with Crippen LogP contribution >= 0.6 is 11.3 Å². The highest BCUT2D eigenvalue weighted by atomic mass is 32.1. The Morgan fingerprint density at radius 1 is 1.10 bits per heavy atom. The molecule has 3 aromatic rings. The summed E-state index contributed by atoms with van der Waals surface area (Å²) >= 11 is 1.32. The van der Waals surface area contributed by atoms with Gasteiger partial charge in [-0.3, -0.25) is 9.59 Å². The smallest absolute Gasteiger partial charge is 0.261 e. The number of para-hydroxylation sites is 1. The van der Waals surface area contributed by atoms with Gasteiger partial charge in [0, 0.05) is 28.8 Å². The van der Waals surface area contributed by atoms with E-state index < -0.39 is 6.10 Å². The maximum atomic E-state index is 14.2. The van der Waals surface area contributed by atoms with E-state index >= 15 is 0 Å². The number of benzene rings is 2. The van der Waals surface area contributed by atoms with E-state index in [9.17, 15) is 14.0 Å². The zero-order valence-corrected chi connectivity index (χ0v) is 17.6. The summed E-state index contributed by atoms with van der Waals surface area (Å²) in [7, 11) is 0. The van der Waals surface area contributed by atoms with Crippen molar-refractivity contribution in [2.24, 2.45) is 0 Å². The number of thiophene rings is 1. The van der Waals surface area contributed by atoms with Crippen LogP contribution in [-0.2, 0) is 17.6 Å². The number of Topliss-reactive ketones (excluding diaryl/α,β-unsaturated/α-hetero) is 1. The number of hydrogen-bond donors (Lipinski definition) is 1. The molecule has 2 aromatic carbocycles. The Kier molecular flexibility index (Phi) is 4.98. The Hall–Kier alpha value is -3.19. The number of hydrogen-bond acceptors (Lipinski definition) is 5. The SMILES string of the molecule is CC(=O)c1ccc(-c2cc(F)cc3c2O[C@H](CNC(=O)[C@@H]2Cc4ccccc4O2)C3)s1. The van der Waals surface area contributed by atoms with Crippen molar-refractivity contribution in [1.29, 1.82) is 0 Å². The topological polar surface area (TPSA) is 64.6 Å². The maximum Gasteiger partial charge on any atom is 0.261 e. The Morgan fingerprint density at radius 3 is 2.71 bits per heavy atom. The number of carbonyl (C=O) groups excluding carboxylic acids is 2. The van der Waals surface area contributed by atoms with E-state index in [-0.39, 0.29) is 23.6 Å². The summed E-state index contributed by atoms with van der Waals surface area (Å²) < 4.78 is 26.1. The number of nitrogens with one attached hydrogen (secondary N) is 1. The predicted molar refractivity (Wildman–Crippen MR) is 115 cm³/mol. The van der Waals surface area contributed by atoms with Crippen LogP contribution in [0.25, 0.3) is 10.4 Å². The molecule has 31 heavy (non-hydrogen) atoms. The first-order valence-electron chi connectivity index (χ1n) is 10.1. The summed E-state index contributed by atoms with van der Waals surface area (Å²) in [5.41, 5.74) is 2.42. The molecule has 0 radical (unpaired) electrons. The minimum absolute atomic E-state index is 0.0258. The van der Waals surface area contributed by atoms with Gasteiger partial charge in [0.15, 0.2) is 11.9 Å². The van der Waals surface area contributed by atoms with Gasteiger partial charge in [0.25, 0.3) is 5.91 Å². The number of rotatable bonds is 5. The number of fused-ring (bicyclic) bond motifs is 2. The molecule has 1 aromatic heterocycles. The Morgan fingerprint density at radius 2 is 1.94 bits per heavy atom. The van der Waals surface area contributed by atoms with E-state index in [2.05, 4.69) is 5.32 Å². The van der Waals surface area contributed by atoms with E-state index in [0.29, 0.717) is 35.6 Å². The Bertz CT molecular complexity index is 1160. The fourth-order valence-electron chi connectivity index (χ4n) is 4.02. The highest BCUT2D eigenvalue weighted by Gasteiger charge is 2.31. The minimum Gasteiger partial charge on any atom is -0.487 e. The Labute approximate surface area is 182 Å². The summed E-state index contributed by atoms with van der Waals surface area (Å²) in [5, 5.41) is 2.90. The van der Waals surface area contributed by atoms with Crippen LogP contribution in [0.15, 0.2) is 48.5 Å². The maximum absolute atomic E-state index is 14.2. The minimum atomic E-state index is -0.551. The van der Waals surface area contributed by atoms with Gasteiger partial charge in [0.1, 0.15) is 23.4 Å². The van der Waals surface area contributed by atoms with Crippen LogP contribution in [-0.4, -0.2) is 30.4 Å². The lowest BCUT2D eigenvalue weighted by atomic mass is 10.0. The van der Waals surface area contributed by atoms with Gasteiger partial charge in [-0.05, 0) is 42.8 Å². The fourth-order valence-corrected chi connectivity index (χ4v) is 4.93. The zero-order chi connectivity index (χ0) is 21.5. The molecule has 0 bridgehead atoms. The van der Waals surface area contributed by atoms with Gasteiger partial charge >= 0.3 is 0 Å². The van der Waals surface area contributed by atoms with E-state index in [0.717, 1.165) is 21.8 Å². The molecule has 0 saturated carbocycles. The molecule has 0 unspecified atom stereocenters. The third-order valence-corrected chi connectivity index (χ3v) is 6.74. The number of ketones is 1. The third kappa shape index (κ3) is 3.81. The van der Waals surface area contributed by atoms with Crippen molar-refractivity contribution in [2.45, 2.75) is 32.0 Å². The van der Waals surface area contributed by atoms with Crippen molar-refractivity contribution < 1.29 is 23.5 Å². The lowest BCUT2D eigenvalue weighted by molar-refractivity contribution is -0.127. The first-order chi connectivity index (χ1) is 15.0. The van der Waals surface area contributed by atoms with Gasteiger partial charge in [-0.2, -0.15) is 0 Å². The van der Waals surface area contributed by atoms with Gasteiger partial charge in [0.2, 0.25) is 0 Å². The summed E-state index contributed by atoms with van der Waals surface area (Å²) in [6.07, 6.45) is 0.192. The average Bonchev–Trinajstić information content (AvgIpc) is 3.48. The molecule has 5 rings (SSSR count). The molecule has 1 N–H and O–H groups in total. The molecular weight excluding hydrogens is 417 g/mol. The monoisotopic (exact) mass is 437 g/mol. The molecule has 0 saturated heterocycles. The highest BCUT2D eigenvalue weighted by molar-refractivity contribution is 7.17.